The second-order valence-corrected chi connectivity index (χ2v) is 5.41. The molecule has 3 rings (SSSR count). The van der Waals surface area contributed by atoms with Crippen LogP contribution in [0, 0.1) is 11.7 Å². The number of hydrogen-bond acceptors (Lipinski definition) is 4. The van der Waals surface area contributed by atoms with Crippen molar-refractivity contribution in [3.63, 3.8) is 0 Å². The monoisotopic (exact) mass is 331 g/mol. The lowest BCUT2D eigenvalue weighted by Crippen LogP contribution is -2.18. The molecule has 2 N–H and O–H groups in total. The minimum Gasteiger partial charge on any atom is -0.481 e. The fourth-order valence-corrected chi connectivity index (χ4v) is 2.89. The summed E-state index contributed by atoms with van der Waals surface area (Å²) in [5, 5.41) is 12.0. The maximum atomic E-state index is 14.3. The SMILES string of the molecule is O=C(O)C1CNC(c2c(F)c(Br)cc3c2OCO3)C1. The van der Waals surface area contributed by atoms with E-state index in [-0.39, 0.29) is 17.3 Å². The first-order chi connectivity index (χ1) is 9.08. The molecule has 1 aromatic carbocycles. The highest BCUT2D eigenvalue weighted by Crippen LogP contribution is 2.45. The number of carboxylic acids is 1. The standard InChI is InChI=1S/C12H11BrFNO4/c13-6-2-8-11(19-4-18-8)9(10(6)14)7-1-5(3-15-7)12(16)17/h2,5,7,15H,1,3-4H2,(H,16,17). The summed E-state index contributed by atoms with van der Waals surface area (Å²) in [6.07, 6.45) is 0.332. The number of nitrogens with one attached hydrogen (secondary N) is 1. The van der Waals surface area contributed by atoms with Crippen LogP contribution in [0.15, 0.2) is 10.5 Å². The number of ether oxygens (including phenoxy) is 2. The molecule has 2 aliphatic rings. The topological polar surface area (TPSA) is 67.8 Å². The molecular formula is C12H11BrFNO4. The Morgan fingerprint density at radius 1 is 1.53 bits per heavy atom. The molecule has 0 aliphatic carbocycles. The summed E-state index contributed by atoms with van der Waals surface area (Å²) >= 11 is 3.14. The largest absolute Gasteiger partial charge is 0.481 e. The van der Waals surface area contributed by atoms with E-state index >= 15 is 0 Å². The van der Waals surface area contributed by atoms with E-state index < -0.39 is 17.7 Å². The summed E-state index contributed by atoms with van der Waals surface area (Å²) in [6, 6.07) is 1.14. The molecule has 1 saturated heterocycles. The van der Waals surface area contributed by atoms with Gasteiger partial charge in [-0.15, -0.1) is 0 Å². The molecule has 0 spiro atoms. The minimum atomic E-state index is -0.876. The van der Waals surface area contributed by atoms with Gasteiger partial charge in [-0.2, -0.15) is 0 Å². The van der Waals surface area contributed by atoms with Crippen LogP contribution in [0.25, 0.3) is 0 Å². The Morgan fingerprint density at radius 2 is 2.32 bits per heavy atom. The van der Waals surface area contributed by atoms with Gasteiger partial charge in [-0.25, -0.2) is 4.39 Å². The van der Waals surface area contributed by atoms with Gasteiger partial charge in [-0.05, 0) is 22.4 Å². The van der Waals surface area contributed by atoms with Crippen molar-refractivity contribution in [3.05, 3.63) is 21.9 Å². The highest BCUT2D eigenvalue weighted by Gasteiger charge is 2.36. The van der Waals surface area contributed by atoms with Gasteiger partial charge in [0, 0.05) is 18.7 Å². The third kappa shape index (κ3) is 2.06. The van der Waals surface area contributed by atoms with E-state index in [1.807, 2.05) is 0 Å². The van der Waals surface area contributed by atoms with Crippen LogP contribution in [0.3, 0.4) is 0 Å². The molecule has 2 unspecified atom stereocenters. The Kier molecular flexibility index (Phi) is 3.10. The van der Waals surface area contributed by atoms with Gasteiger partial charge >= 0.3 is 5.97 Å². The van der Waals surface area contributed by atoms with Crippen molar-refractivity contribution >= 4 is 21.9 Å². The normalized spacial score (nSPS) is 24.7. The first kappa shape index (κ1) is 12.7. The van der Waals surface area contributed by atoms with Gasteiger partial charge in [0.1, 0.15) is 5.82 Å². The average molecular weight is 332 g/mol. The summed E-state index contributed by atoms with van der Waals surface area (Å²) in [7, 11) is 0. The number of benzene rings is 1. The van der Waals surface area contributed by atoms with Crippen molar-refractivity contribution in [1.29, 1.82) is 0 Å². The Labute approximate surface area is 116 Å². The van der Waals surface area contributed by atoms with E-state index in [0.717, 1.165) is 0 Å². The minimum absolute atomic E-state index is 0.0489. The fourth-order valence-electron chi connectivity index (χ4n) is 2.47. The van der Waals surface area contributed by atoms with Crippen molar-refractivity contribution in [2.45, 2.75) is 12.5 Å². The van der Waals surface area contributed by atoms with Crippen LogP contribution in [-0.2, 0) is 4.79 Å². The third-order valence-corrected chi connectivity index (χ3v) is 4.00. The molecule has 2 aliphatic heterocycles. The van der Waals surface area contributed by atoms with Gasteiger partial charge in [-0.3, -0.25) is 4.79 Å². The molecule has 5 nitrogen and oxygen atoms in total. The van der Waals surface area contributed by atoms with Crippen LogP contribution in [0.4, 0.5) is 4.39 Å². The van der Waals surface area contributed by atoms with E-state index in [1.165, 1.54) is 6.07 Å². The quantitative estimate of drug-likeness (QED) is 0.868. The maximum Gasteiger partial charge on any atom is 0.307 e. The Hall–Kier alpha value is -1.34. The van der Waals surface area contributed by atoms with Gasteiger partial charge in [0.2, 0.25) is 6.79 Å². The number of rotatable bonds is 2. The predicted octanol–water partition coefficient (Wildman–Crippen LogP) is 2.05. The first-order valence-electron chi connectivity index (χ1n) is 5.81. The van der Waals surface area contributed by atoms with E-state index in [9.17, 15) is 9.18 Å². The van der Waals surface area contributed by atoms with E-state index in [1.54, 1.807) is 0 Å². The number of carbonyl (C=O) groups is 1. The fraction of sp³-hybridized carbons (Fsp3) is 0.417. The highest BCUT2D eigenvalue weighted by atomic mass is 79.9. The molecular weight excluding hydrogens is 321 g/mol. The van der Waals surface area contributed by atoms with Crippen molar-refractivity contribution in [1.82, 2.24) is 5.32 Å². The summed E-state index contributed by atoms with van der Waals surface area (Å²) in [5.41, 5.74) is 0.339. The third-order valence-electron chi connectivity index (χ3n) is 3.42. The molecule has 2 atom stereocenters. The zero-order valence-corrected chi connectivity index (χ0v) is 11.4. The number of hydrogen-bond donors (Lipinski definition) is 2. The number of halogens is 2. The Bertz CT molecular complexity index is 551. The second kappa shape index (κ2) is 4.64. The van der Waals surface area contributed by atoms with Crippen LogP contribution in [0.2, 0.25) is 0 Å². The average Bonchev–Trinajstić information content (AvgIpc) is 2.99. The van der Waals surface area contributed by atoms with E-state index in [0.29, 0.717) is 30.0 Å². The molecule has 0 aromatic heterocycles. The van der Waals surface area contributed by atoms with E-state index in [4.69, 9.17) is 14.6 Å². The van der Waals surface area contributed by atoms with Crippen molar-refractivity contribution < 1.29 is 23.8 Å². The van der Waals surface area contributed by atoms with Gasteiger partial charge in [-0.1, -0.05) is 0 Å². The van der Waals surface area contributed by atoms with Crippen LogP contribution in [0.5, 0.6) is 11.5 Å². The van der Waals surface area contributed by atoms with Crippen LogP contribution in [-0.4, -0.2) is 24.4 Å². The molecule has 19 heavy (non-hydrogen) atoms. The summed E-state index contributed by atoms with van der Waals surface area (Å²) in [6.45, 7) is 0.370. The lowest BCUT2D eigenvalue weighted by Gasteiger charge is -2.15. The Morgan fingerprint density at radius 3 is 3.00 bits per heavy atom. The Balaban J connectivity index is 1.99. The summed E-state index contributed by atoms with van der Waals surface area (Å²) < 4.78 is 25.1. The number of carboxylic acid groups (broad SMARTS) is 1. The van der Waals surface area contributed by atoms with Crippen LogP contribution in [0.1, 0.15) is 18.0 Å². The molecule has 0 amide bonds. The van der Waals surface area contributed by atoms with Gasteiger partial charge in [0.15, 0.2) is 11.5 Å². The molecule has 2 heterocycles. The van der Waals surface area contributed by atoms with Crippen molar-refractivity contribution in [3.8, 4) is 11.5 Å². The highest BCUT2D eigenvalue weighted by molar-refractivity contribution is 9.10. The molecule has 0 bridgehead atoms. The summed E-state index contributed by atoms with van der Waals surface area (Å²) in [5.74, 6) is -0.985. The maximum absolute atomic E-state index is 14.3. The lowest BCUT2D eigenvalue weighted by molar-refractivity contribution is -0.141. The number of aliphatic carboxylic acids is 1. The summed E-state index contributed by atoms with van der Waals surface area (Å²) in [4.78, 5) is 11.0. The van der Waals surface area contributed by atoms with Crippen molar-refractivity contribution in [2.24, 2.45) is 5.92 Å². The zero-order valence-electron chi connectivity index (χ0n) is 9.78. The van der Waals surface area contributed by atoms with Gasteiger partial charge in [0.25, 0.3) is 0 Å². The molecule has 1 aromatic rings. The van der Waals surface area contributed by atoms with Crippen molar-refractivity contribution in [2.75, 3.05) is 13.3 Å². The first-order valence-corrected chi connectivity index (χ1v) is 6.61. The molecule has 102 valence electrons. The number of fused-ring (bicyclic) bond motifs is 1. The molecule has 7 heteroatoms. The molecule has 1 fully saturated rings. The van der Waals surface area contributed by atoms with Crippen LogP contribution < -0.4 is 14.8 Å². The smallest absolute Gasteiger partial charge is 0.307 e. The van der Waals surface area contributed by atoms with Crippen LogP contribution >= 0.6 is 15.9 Å². The lowest BCUT2D eigenvalue weighted by atomic mass is 9.98. The van der Waals surface area contributed by atoms with Gasteiger partial charge in [0.05, 0.1) is 16.0 Å². The molecule has 0 saturated carbocycles. The second-order valence-electron chi connectivity index (χ2n) is 4.55. The predicted molar refractivity (Wildman–Crippen MR) is 66.7 cm³/mol. The zero-order chi connectivity index (χ0) is 13.6. The van der Waals surface area contributed by atoms with E-state index in [2.05, 4.69) is 21.2 Å². The molecule has 0 radical (unpaired) electrons. The van der Waals surface area contributed by atoms with Gasteiger partial charge < -0.3 is 19.9 Å².